The first-order valence-electron chi connectivity index (χ1n) is 8.56. The Morgan fingerprint density at radius 1 is 1.15 bits per heavy atom. The zero-order valence-electron chi connectivity index (χ0n) is 15.0. The fourth-order valence-electron chi connectivity index (χ4n) is 2.83. The maximum atomic E-state index is 12.3. The molecular formula is C19H21N3O5. The van der Waals surface area contributed by atoms with Crippen molar-refractivity contribution in [2.24, 2.45) is 0 Å². The second-order valence-corrected chi connectivity index (χ2v) is 6.01. The van der Waals surface area contributed by atoms with E-state index in [1.54, 1.807) is 11.1 Å². The van der Waals surface area contributed by atoms with Crippen molar-refractivity contribution in [3.63, 3.8) is 0 Å². The predicted octanol–water partition coefficient (Wildman–Crippen LogP) is 1.30. The average Bonchev–Trinajstić information content (AvgIpc) is 2.72. The van der Waals surface area contributed by atoms with Crippen molar-refractivity contribution in [1.29, 1.82) is 0 Å². The van der Waals surface area contributed by atoms with Gasteiger partial charge in [0, 0.05) is 38.4 Å². The summed E-state index contributed by atoms with van der Waals surface area (Å²) < 4.78 is 10.0. The van der Waals surface area contributed by atoms with Crippen LogP contribution < -0.4 is 9.64 Å². The first-order chi connectivity index (χ1) is 13.1. The third-order valence-corrected chi connectivity index (χ3v) is 4.36. The zero-order valence-corrected chi connectivity index (χ0v) is 15.0. The molecule has 1 fully saturated rings. The topological polar surface area (TPSA) is 92.2 Å². The molecule has 1 aromatic heterocycles. The molecule has 0 bridgehead atoms. The van der Waals surface area contributed by atoms with E-state index in [0.29, 0.717) is 31.9 Å². The number of phenolic OH excluding ortho intramolecular Hbond substituents is 1. The van der Waals surface area contributed by atoms with Crippen LogP contribution in [0, 0.1) is 0 Å². The number of amides is 1. The Hall–Kier alpha value is -3.29. The number of methoxy groups -OCH3 is 1. The fraction of sp³-hybridized carbons (Fsp3) is 0.316. The number of hydrogen-bond acceptors (Lipinski definition) is 7. The Morgan fingerprint density at radius 2 is 1.93 bits per heavy atom. The largest absolute Gasteiger partial charge is 0.507 e. The molecule has 0 saturated carbocycles. The molecule has 27 heavy (non-hydrogen) atoms. The average molecular weight is 371 g/mol. The Morgan fingerprint density at radius 3 is 2.56 bits per heavy atom. The Balaban J connectivity index is 1.49. The van der Waals surface area contributed by atoms with Gasteiger partial charge in [-0.3, -0.25) is 4.79 Å². The van der Waals surface area contributed by atoms with E-state index in [0.717, 1.165) is 5.82 Å². The molecule has 142 valence electrons. The summed E-state index contributed by atoms with van der Waals surface area (Å²) in [5, 5.41) is 9.86. The summed E-state index contributed by atoms with van der Waals surface area (Å²) in [6.07, 6.45) is 1.74. The summed E-state index contributed by atoms with van der Waals surface area (Å²) in [4.78, 5) is 32.4. The minimum absolute atomic E-state index is 0.0106. The van der Waals surface area contributed by atoms with Crippen LogP contribution in [0.5, 0.6) is 11.5 Å². The third kappa shape index (κ3) is 4.46. The van der Waals surface area contributed by atoms with Gasteiger partial charge in [-0.05, 0) is 24.3 Å². The van der Waals surface area contributed by atoms with Crippen molar-refractivity contribution in [3.05, 3.63) is 48.2 Å². The second kappa shape index (κ2) is 8.39. The summed E-state index contributed by atoms with van der Waals surface area (Å²) >= 11 is 0. The number of hydrogen-bond donors (Lipinski definition) is 1. The highest BCUT2D eigenvalue weighted by molar-refractivity contribution is 5.94. The molecule has 8 nitrogen and oxygen atoms in total. The molecule has 3 rings (SSSR count). The van der Waals surface area contributed by atoms with Gasteiger partial charge < -0.3 is 24.4 Å². The van der Waals surface area contributed by atoms with E-state index in [9.17, 15) is 14.7 Å². The SMILES string of the molecule is COc1ccc(C(=O)OCC(=O)N2CCN(c3ccccn3)CC2)c(O)c1. The molecule has 0 radical (unpaired) electrons. The lowest BCUT2D eigenvalue weighted by molar-refractivity contribution is -0.134. The van der Waals surface area contributed by atoms with Crippen molar-refractivity contribution in [2.45, 2.75) is 0 Å². The fourth-order valence-corrected chi connectivity index (χ4v) is 2.83. The predicted molar refractivity (Wildman–Crippen MR) is 98.0 cm³/mol. The van der Waals surface area contributed by atoms with E-state index in [1.807, 2.05) is 18.2 Å². The molecule has 1 aliphatic heterocycles. The highest BCUT2D eigenvalue weighted by Crippen LogP contribution is 2.24. The van der Waals surface area contributed by atoms with Crippen LogP contribution in [0.2, 0.25) is 0 Å². The number of nitrogens with zero attached hydrogens (tertiary/aromatic N) is 3. The highest BCUT2D eigenvalue weighted by Gasteiger charge is 2.23. The number of esters is 1. The molecular weight excluding hydrogens is 350 g/mol. The number of rotatable bonds is 5. The quantitative estimate of drug-likeness (QED) is 0.792. The van der Waals surface area contributed by atoms with Crippen LogP contribution in [0.3, 0.4) is 0 Å². The number of carbonyl (C=O) groups excluding carboxylic acids is 2. The molecule has 0 spiro atoms. The molecule has 0 unspecified atom stereocenters. The monoisotopic (exact) mass is 371 g/mol. The van der Waals surface area contributed by atoms with Crippen LogP contribution in [0.4, 0.5) is 5.82 Å². The Bertz CT molecular complexity index is 804. The smallest absolute Gasteiger partial charge is 0.342 e. The summed E-state index contributed by atoms with van der Waals surface area (Å²) in [5.41, 5.74) is -0.0106. The standard InChI is InChI=1S/C19H21N3O5/c1-26-14-5-6-15(16(23)12-14)19(25)27-13-18(24)22-10-8-21(9-11-22)17-4-2-3-7-20-17/h2-7,12,23H,8-11,13H2,1H3. The van der Waals surface area contributed by atoms with Gasteiger partial charge in [-0.1, -0.05) is 6.07 Å². The number of ether oxygens (including phenoxy) is 2. The van der Waals surface area contributed by atoms with Gasteiger partial charge >= 0.3 is 5.97 Å². The van der Waals surface area contributed by atoms with Crippen molar-refractivity contribution in [3.8, 4) is 11.5 Å². The normalized spacial score (nSPS) is 14.0. The Kier molecular flexibility index (Phi) is 5.75. The van der Waals surface area contributed by atoms with Gasteiger partial charge in [0.2, 0.25) is 0 Å². The van der Waals surface area contributed by atoms with Gasteiger partial charge in [-0.15, -0.1) is 0 Å². The Labute approximate surface area is 156 Å². The van der Waals surface area contributed by atoms with E-state index >= 15 is 0 Å². The molecule has 1 N–H and O–H groups in total. The van der Waals surface area contributed by atoms with Gasteiger partial charge in [0.1, 0.15) is 22.9 Å². The molecule has 1 aliphatic rings. The lowest BCUT2D eigenvalue weighted by Crippen LogP contribution is -2.50. The van der Waals surface area contributed by atoms with Gasteiger partial charge in [-0.25, -0.2) is 9.78 Å². The number of piperazine rings is 1. The van der Waals surface area contributed by atoms with Crippen molar-refractivity contribution in [1.82, 2.24) is 9.88 Å². The molecule has 2 heterocycles. The number of benzene rings is 1. The van der Waals surface area contributed by atoms with E-state index in [-0.39, 0.29) is 23.8 Å². The molecule has 0 aliphatic carbocycles. The number of aromatic nitrogens is 1. The molecule has 8 heteroatoms. The van der Waals surface area contributed by atoms with E-state index in [2.05, 4.69) is 9.88 Å². The first-order valence-corrected chi connectivity index (χ1v) is 8.56. The summed E-state index contributed by atoms with van der Waals surface area (Å²) in [5.74, 6) is 0.0281. The number of anilines is 1. The maximum Gasteiger partial charge on any atom is 0.342 e. The molecule has 1 aromatic carbocycles. The van der Waals surface area contributed by atoms with E-state index < -0.39 is 5.97 Å². The van der Waals surface area contributed by atoms with E-state index in [1.165, 1.54) is 25.3 Å². The minimum atomic E-state index is -0.754. The van der Waals surface area contributed by atoms with Crippen LogP contribution in [0.1, 0.15) is 10.4 Å². The number of pyridine rings is 1. The van der Waals surface area contributed by atoms with Crippen molar-refractivity contribution >= 4 is 17.7 Å². The first kappa shape index (κ1) is 18.5. The number of aromatic hydroxyl groups is 1. The summed E-state index contributed by atoms with van der Waals surface area (Å²) in [7, 11) is 1.46. The maximum absolute atomic E-state index is 12.3. The van der Waals surface area contributed by atoms with Crippen LogP contribution >= 0.6 is 0 Å². The number of carbonyl (C=O) groups is 2. The molecule has 2 aromatic rings. The lowest BCUT2D eigenvalue weighted by atomic mass is 10.2. The molecule has 0 atom stereocenters. The van der Waals surface area contributed by atoms with Gasteiger partial charge in [0.15, 0.2) is 6.61 Å². The van der Waals surface area contributed by atoms with Crippen molar-refractivity contribution < 1.29 is 24.2 Å². The summed E-state index contributed by atoms with van der Waals surface area (Å²) in [6, 6.07) is 9.96. The van der Waals surface area contributed by atoms with Gasteiger partial charge in [-0.2, -0.15) is 0 Å². The lowest BCUT2D eigenvalue weighted by Gasteiger charge is -2.35. The molecule has 1 saturated heterocycles. The van der Waals surface area contributed by atoms with Crippen LogP contribution in [-0.2, 0) is 9.53 Å². The van der Waals surface area contributed by atoms with Crippen molar-refractivity contribution in [2.75, 3.05) is 44.8 Å². The van der Waals surface area contributed by atoms with Crippen LogP contribution in [0.15, 0.2) is 42.6 Å². The third-order valence-electron chi connectivity index (χ3n) is 4.36. The zero-order chi connectivity index (χ0) is 19.2. The number of phenols is 1. The van der Waals surface area contributed by atoms with E-state index in [4.69, 9.17) is 9.47 Å². The molecule has 1 amide bonds. The highest BCUT2D eigenvalue weighted by atomic mass is 16.5. The van der Waals surface area contributed by atoms with Gasteiger partial charge in [0.25, 0.3) is 5.91 Å². The van der Waals surface area contributed by atoms with Gasteiger partial charge in [0.05, 0.1) is 7.11 Å². The second-order valence-electron chi connectivity index (χ2n) is 6.01. The van der Waals surface area contributed by atoms with Crippen LogP contribution in [0.25, 0.3) is 0 Å². The summed E-state index contributed by atoms with van der Waals surface area (Å²) in [6.45, 7) is 2.02. The van der Waals surface area contributed by atoms with Crippen LogP contribution in [-0.4, -0.2) is 66.8 Å². The minimum Gasteiger partial charge on any atom is -0.507 e.